The van der Waals surface area contributed by atoms with Crippen LogP contribution in [0.2, 0.25) is 0 Å². The minimum atomic E-state index is -0.361. The average molecular weight is 326 g/mol. The average Bonchev–Trinajstić information content (AvgIpc) is 3.20. The zero-order valence-corrected chi connectivity index (χ0v) is 13.6. The molecule has 7 nitrogen and oxygen atoms in total. The van der Waals surface area contributed by atoms with Crippen molar-refractivity contribution in [2.75, 3.05) is 19.8 Å². The highest BCUT2D eigenvalue weighted by molar-refractivity contribution is 5.98. The van der Waals surface area contributed by atoms with Gasteiger partial charge in [0.15, 0.2) is 0 Å². The van der Waals surface area contributed by atoms with Crippen LogP contribution in [0.25, 0.3) is 10.9 Å². The Bertz CT molecular complexity index is 898. The summed E-state index contributed by atoms with van der Waals surface area (Å²) in [5.41, 5.74) is 2.66. The summed E-state index contributed by atoms with van der Waals surface area (Å²) in [7, 11) is 0. The van der Waals surface area contributed by atoms with E-state index < -0.39 is 0 Å². The van der Waals surface area contributed by atoms with Crippen molar-refractivity contribution < 1.29 is 13.9 Å². The first-order valence-electron chi connectivity index (χ1n) is 7.90. The van der Waals surface area contributed by atoms with Crippen molar-refractivity contribution in [1.82, 2.24) is 20.1 Å². The minimum Gasteiger partial charge on any atom is -0.423 e. The fraction of sp³-hybridized carbons (Fsp3) is 0.353. The highest BCUT2D eigenvalue weighted by atomic mass is 16.5. The molecular weight excluding hydrogens is 308 g/mol. The van der Waals surface area contributed by atoms with Gasteiger partial charge in [-0.15, -0.1) is 10.2 Å². The molecule has 1 N–H and O–H groups in total. The van der Waals surface area contributed by atoms with Gasteiger partial charge in [0, 0.05) is 24.4 Å². The van der Waals surface area contributed by atoms with E-state index in [9.17, 15) is 4.79 Å². The Hall–Kier alpha value is -2.67. The lowest BCUT2D eigenvalue weighted by Crippen LogP contribution is -2.43. The number of aromatic nitrogens is 3. The van der Waals surface area contributed by atoms with Gasteiger partial charge < -0.3 is 19.0 Å². The third-order valence-electron chi connectivity index (χ3n) is 4.22. The van der Waals surface area contributed by atoms with Crippen LogP contribution < -0.4 is 0 Å². The van der Waals surface area contributed by atoms with Crippen molar-refractivity contribution in [3.63, 3.8) is 0 Å². The zero-order chi connectivity index (χ0) is 16.7. The molecule has 1 aliphatic heterocycles. The quantitative estimate of drug-likeness (QED) is 0.781. The number of rotatable bonds is 2. The summed E-state index contributed by atoms with van der Waals surface area (Å²) >= 11 is 0. The molecule has 0 radical (unpaired) electrons. The second kappa shape index (κ2) is 5.76. The molecule has 1 fully saturated rings. The number of carbonyl (C=O) groups is 1. The minimum absolute atomic E-state index is 0.0898. The molecule has 124 valence electrons. The Morgan fingerprint density at radius 1 is 1.29 bits per heavy atom. The number of nitrogens with one attached hydrogen (secondary N) is 1. The fourth-order valence-corrected chi connectivity index (χ4v) is 3.01. The standard InChI is InChI=1S/C17H18N4O3/c1-10-3-4-12-8-14(18-13(12)7-10)17(22)21-5-6-23-9-15(21)16-20-19-11(2)24-16/h3-4,7-8,15,18H,5-6,9H2,1-2H3/t15-/m1/s1. The van der Waals surface area contributed by atoms with Gasteiger partial charge in [0.1, 0.15) is 11.7 Å². The molecule has 1 aromatic carbocycles. The zero-order valence-electron chi connectivity index (χ0n) is 13.6. The van der Waals surface area contributed by atoms with Crippen LogP contribution in [0.15, 0.2) is 28.7 Å². The molecule has 3 aromatic rings. The Balaban J connectivity index is 1.67. The number of aryl methyl sites for hydroxylation is 2. The SMILES string of the molecule is Cc1ccc2cc(C(=O)N3CCOC[C@@H]3c3nnc(C)o3)[nH]c2c1. The van der Waals surface area contributed by atoms with Crippen LogP contribution in [0.4, 0.5) is 0 Å². The highest BCUT2D eigenvalue weighted by Gasteiger charge is 2.33. The van der Waals surface area contributed by atoms with Gasteiger partial charge in [-0.2, -0.15) is 0 Å². The molecule has 7 heteroatoms. The maximum atomic E-state index is 13.0. The van der Waals surface area contributed by atoms with Crippen LogP contribution in [-0.2, 0) is 4.74 Å². The first-order valence-corrected chi connectivity index (χ1v) is 7.90. The van der Waals surface area contributed by atoms with E-state index >= 15 is 0 Å². The van der Waals surface area contributed by atoms with Crippen LogP contribution in [0.1, 0.15) is 33.9 Å². The number of benzene rings is 1. The molecule has 24 heavy (non-hydrogen) atoms. The number of carbonyl (C=O) groups excluding carboxylic acids is 1. The molecule has 0 bridgehead atoms. The van der Waals surface area contributed by atoms with Gasteiger partial charge in [-0.25, -0.2) is 0 Å². The Morgan fingerprint density at radius 3 is 2.96 bits per heavy atom. The van der Waals surface area contributed by atoms with Crippen LogP contribution in [0.3, 0.4) is 0 Å². The summed E-state index contributed by atoms with van der Waals surface area (Å²) in [6.07, 6.45) is 0. The van der Waals surface area contributed by atoms with E-state index in [0.717, 1.165) is 16.5 Å². The number of H-pyrrole nitrogens is 1. The molecular formula is C17H18N4O3. The van der Waals surface area contributed by atoms with Crippen molar-refractivity contribution in [1.29, 1.82) is 0 Å². The van der Waals surface area contributed by atoms with E-state index in [0.29, 0.717) is 37.2 Å². The second-order valence-electron chi connectivity index (χ2n) is 6.02. The monoisotopic (exact) mass is 326 g/mol. The lowest BCUT2D eigenvalue weighted by Gasteiger charge is -2.33. The van der Waals surface area contributed by atoms with Crippen LogP contribution >= 0.6 is 0 Å². The van der Waals surface area contributed by atoms with E-state index in [1.165, 1.54) is 0 Å². The van der Waals surface area contributed by atoms with Crippen LogP contribution in [0, 0.1) is 13.8 Å². The van der Waals surface area contributed by atoms with Crippen molar-refractivity contribution >= 4 is 16.8 Å². The van der Waals surface area contributed by atoms with Gasteiger partial charge in [-0.1, -0.05) is 12.1 Å². The van der Waals surface area contributed by atoms with Gasteiger partial charge in [0.25, 0.3) is 5.91 Å². The number of hydrogen-bond donors (Lipinski definition) is 1. The van der Waals surface area contributed by atoms with E-state index in [2.05, 4.69) is 15.2 Å². The van der Waals surface area contributed by atoms with E-state index in [-0.39, 0.29) is 11.9 Å². The lowest BCUT2D eigenvalue weighted by molar-refractivity contribution is -0.0108. The maximum Gasteiger partial charge on any atom is 0.271 e. The Kier molecular flexibility index (Phi) is 3.57. The van der Waals surface area contributed by atoms with E-state index in [1.807, 2.05) is 31.2 Å². The summed E-state index contributed by atoms with van der Waals surface area (Å²) in [4.78, 5) is 17.9. The summed E-state index contributed by atoms with van der Waals surface area (Å²) in [6.45, 7) is 5.09. The predicted octanol–water partition coefficient (Wildman–Crippen LogP) is 2.38. The summed E-state index contributed by atoms with van der Waals surface area (Å²) in [5.74, 6) is 0.796. The van der Waals surface area contributed by atoms with Gasteiger partial charge in [-0.3, -0.25) is 4.79 Å². The van der Waals surface area contributed by atoms with Gasteiger partial charge in [0.05, 0.1) is 13.2 Å². The predicted molar refractivity (Wildman–Crippen MR) is 86.7 cm³/mol. The molecule has 0 spiro atoms. The van der Waals surface area contributed by atoms with Gasteiger partial charge >= 0.3 is 0 Å². The van der Waals surface area contributed by atoms with Crippen molar-refractivity contribution in [3.05, 3.63) is 47.3 Å². The number of ether oxygens (including phenoxy) is 1. The van der Waals surface area contributed by atoms with Crippen molar-refractivity contribution in [3.8, 4) is 0 Å². The molecule has 0 aliphatic carbocycles. The lowest BCUT2D eigenvalue weighted by atomic mass is 10.2. The maximum absolute atomic E-state index is 13.0. The Labute approximate surface area is 138 Å². The molecule has 3 heterocycles. The molecule has 0 unspecified atom stereocenters. The third kappa shape index (κ3) is 2.56. The number of nitrogens with zero attached hydrogens (tertiary/aromatic N) is 3. The van der Waals surface area contributed by atoms with Gasteiger partial charge in [0.2, 0.25) is 11.8 Å². The van der Waals surface area contributed by atoms with Crippen LogP contribution in [-0.4, -0.2) is 45.7 Å². The first-order chi connectivity index (χ1) is 11.6. The molecule has 1 amide bonds. The largest absolute Gasteiger partial charge is 0.423 e. The summed E-state index contributed by atoms with van der Waals surface area (Å²) in [6, 6.07) is 7.59. The molecule has 1 saturated heterocycles. The number of morpholine rings is 1. The highest BCUT2D eigenvalue weighted by Crippen LogP contribution is 2.26. The molecule has 1 atom stereocenters. The van der Waals surface area contributed by atoms with Gasteiger partial charge in [-0.05, 0) is 24.6 Å². The number of fused-ring (bicyclic) bond motifs is 1. The third-order valence-corrected chi connectivity index (χ3v) is 4.22. The summed E-state index contributed by atoms with van der Waals surface area (Å²) < 4.78 is 11.0. The van der Waals surface area contributed by atoms with E-state index in [1.54, 1.807) is 11.8 Å². The smallest absolute Gasteiger partial charge is 0.271 e. The Morgan fingerprint density at radius 2 is 2.17 bits per heavy atom. The molecule has 0 saturated carbocycles. The molecule has 2 aromatic heterocycles. The number of hydrogen-bond acceptors (Lipinski definition) is 5. The number of aromatic amines is 1. The summed E-state index contributed by atoms with van der Waals surface area (Å²) in [5, 5.41) is 8.92. The fourth-order valence-electron chi connectivity index (χ4n) is 3.01. The first kappa shape index (κ1) is 14.9. The van der Waals surface area contributed by atoms with Crippen molar-refractivity contribution in [2.45, 2.75) is 19.9 Å². The second-order valence-corrected chi connectivity index (χ2v) is 6.02. The normalized spacial score (nSPS) is 18.2. The van der Waals surface area contributed by atoms with Crippen molar-refractivity contribution in [2.24, 2.45) is 0 Å². The van der Waals surface area contributed by atoms with E-state index in [4.69, 9.17) is 9.15 Å². The molecule has 4 rings (SSSR count). The topological polar surface area (TPSA) is 84.2 Å². The van der Waals surface area contributed by atoms with Crippen LogP contribution in [0.5, 0.6) is 0 Å². The number of amides is 1. The molecule has 1 aliphatic rings.